The summed E-state index contributed by atoms with van der Waals surface area (Å²) in [4.78, 5) is 15.0. The monoisotopic (exact) mass is 244 g/mol. The number of hydrogen-bond acceptors (Lipinski definition) is 4. The highest BCUT2D eigenvalue weighted by atomic mass is 16.4. The van der Waals surface area contributed by atoms with Crippen LogP contribution in [0.2, 0.25) is 0 Å². The Kier molecular flexibility index (Phi) is 4.91. The van der Waals surface area contributed by atoms with Crippen molar-refractivity contribution in [2.24, 2.45) is 0 Å². The molecule has 0 bridgehead atoms. The summed E-state index contributed by atoms with van der Waals surface area (Å²) in [6.07, 6.45) is 0.735. The number of carboxylic acid groups (broad SMARTS) is 1. The van der Waals surface area contributed by atoms with Crippen molar-refractivity contribution in [3.05, 3.63) is 0 Å². The molecule has 0 amide bonds. The first-order valence-corrected chi connectivity index (χ1v) is 6.27. The Hall–Kier alpha value is -0.650. The topological polar surface area (TPSA) is 64.0 Å². The summed E-state index contributed by atoms with van der Waals surface area (Å²) in [6.45, 7) is 9.38. The molecule has 0 spiro atoms. The normalized spacial score (nSPS) is 24.2. The largest absolute Gasteiger partial charge is 0.480 e. The number of carboxylic acids is 1. The van der Waals surface area contributed by atoms with E-state index in [1.807, 2.05) is 18.7 Å². The molecule has 1 aliphatic rings. The van der Waals surface area contributed by atoms with Gasteiger partial charge < -0.3 is 10.2 Å². The molecule has 2 atom stereocenters. The average Bonchev–Trinajstić information content (AvgIpc) is 2.28. The second-order valence-electron chi connectivity index (χ2n) is 5.18. The average molecular weight is 244 g/mol. The van der Waals surface area contributed by atoms with Crippen molar-refractivity contribution < 1.29 is 15.0 Å². The Labute approximate surface area is 103 Å². The van der Waals surface area contributed by atoms with Crippen LogP contribution in [0.3, 0.4) is 0 Å². The van der Waals surface area contributed by atoms with Gasteiger partial charge in [-0.25, -0.2) is 0 Å². The summed E-state index contributed by atoms with van der Waals surface area (Å²) >= 11 is 0. The number of aliphatic carboxylic acids is 1. The van der Waals surface area contributed by atoms with E-state index in [-0.39, 0.29) is 0 Å². The van der Waals surface area contributed by atoms with Crippen molar-refractivity contribution in [3.63, 3.8) is 0 Å². The van der Waals surface area contributed by atoms with Gasteiger partial charge in [-0.15, -0.1) is 0 Å². The predicted octanol–water partition coefficient (Wildman–Crippen LogP) is 0.238. The highest BCUT2D eigenvalue weighted by molar-refractivity contribution is 5.72. The van der Waals surface area contributed by atoms with Crippen LogP contribution in [-0.4, -0.2) is 70.3 Å². The summed E-state index contributed by atoms with van der Waals surface area (Å²) in [5.41, 5.74) is -0.638. The second kappa shape index (κ2) is 5.80. The van der Waals surface area contributed by atoms with E-state index in [2.05, 4.69) is 4.90 Å². The Morgan fingerprint density at radius 3 is 2.29 bits per heavy atom. The maximum atomic E-state index is 10.9. The first-order chi connectivity index (χ1) is 7.85. The minimum Gasteiger partial charge on any atom is -0.480 e. The van der Waals surface area contributed by atoms with Crippen molar-refractivity contribution in [1.29, 1.82) is 0 Å². The number of carbonyl (C=O) groups is 1. The quantitative estimate of drug-likeness (QED) is 0.725. The molecule has 0 aromatic carbocycles. The molecule has 2 unspecified atom stereocenters. The van der Waals surface area contributed by atoms with Crippen LogP contribution in [-0.2, 0) is 4.79 Å². The van der Waals surface area contributed by atoms with Crippen LogP contribution in [0.4, 0.5) is 0 Å². The second-order valence-corrected chi connectivity index (χ2v) is 5.18. The van der Waals surface area contributed by atoms with Gasteiger partial charge in [-0.2, -0.15) is 0 Å². The summed E-state index contributed by atoms with van der Waals surface area (Å²) in [6, 6.07) is -0.413. The lowest BCUT2D eigenvalue weighted by Gasteiger charge is -2.39. The van der Waals surface area contributed by atoms with E-state index in [0.29, 0.717) is 6.54 Å². The van der Waals surface area contributed by atoms with E-state index in [1.165, 1.54) is 0 Å². The summed E-state index contributed by atoms with van der Waals surface area (Å²) < 4.78 is 0. The molecule has 0 aromatic heterocycles. The third-order valence-electron chi connectivity index (χ3n) is 3.64. The molecule has 0 radical (unpaired) electrons. The molecule has 5 nitrogen and oxygen atoms in total. The predicted molar refractivity (Wildman–Crippen MR) is 66.0 cm³/mol. The number of β-amino-alcohol motifs (C(OH)–C–C–N with tert-alkyl or cyclic N) is 1. The molecule has 1 saturated heterocycles. The van der Waals surface area contributed by atoms with Crippen molar-refractivity contribution in [2.75, 3.05) is 32.7 Å². The molecule has 1 aliphatic heterocycles. The minimum absolute atomic E-state index is 0.413. The lowest BCUT2D eigenvalue weighted by atomic mass is 10.0. The van der Waals surface area contributed by atoms with Crippen molar-refractivity contribution in [3.8, 4) is 0 Å². The van der Waals surface area contributed by atoms with Gasteiger partial charge in [-0.3, -0.25) is 14.6 Å². The number of nitrogens with zero attached hydrogens (tertiary/aromatic N) is 2. The van der Waals surface area contributed by atoms with Gasteiger partial charge in [-0.1, -0.05) is 6.92 Å². The lowest BCUT2D eigenvalue weighted by molar-refractivity contribution is -0.143. The first kappa shape index (κ1) is 14.4. The van der Waals surface area contributed by atoms with Crippen molar-refractivity contribution in [2.45, 2.75) is 38.8 Å². The van der Waals surface area contributed by atoms with E-state index in [9.17, 15) is 9.90 Å². The van der Waals surface area contributed by atoms with Crippen molar-refractivity contribution >= 4 is 5.97 Å². The first-order valence-electron chi connectivity index (χ1n) is 6.27. The van der Waals surface area contributed by atoms with E-state index in [1.54, 1.807) is 6.92 Å². The summed E-state index contributed by atoms with van der Waals surface area (Å²) in [7, 11) is 0. The Morgan fingerprint density at radius 2 is 1.88 bits per heavy atom. The number of rotatable bonds is 5. The van der Waals surface area contributed by atoms with Gasteiger partial charge >= 0.3 is 5.97 Å². The Bertz CT molecular complexity index is 260. The summed E-state index contributed by atoms with van der Waals surface area (Å²) in [5.74, 6) is -0.765. The highest BCUT2D eigenvalue weighted by Gasteiger charge is 2.28. The third-order valence-corrected chi connectivity index (χ3v) is 3.64. The van der Waals surface area contributed by atoms with Crippen LogP contribution in [0.25, 0.3) is 0 Å². The number of piperazine rings is 1. The van der Waals surface area contributed by atoms with Crippen molar-refractivity contribution in [1.82, 2.24) is 9.80 Å². The fourth-order valence-electron chi connectivity index (χ4n) is 2.06. The van der Waals surface area contributed by atoms with Gasteiger partial charge in [0, 0.05) is 32.7 Å². The van der Waals surface area contributed by atoms with E-state index in [0.717, 1.165) is 32.6 Å². The van der Waals surface area contributed by atoms with Gasteiger partial charge in [0.2, 0.25) is 0 Å². The summed E-state index contributed by atoms with van der Waals surface area (Å²) in [5, 5.41) is 18.9. The van der Waals surface area contributed by atoms with Gasteiger partial charge in [0.05, 0.1) is 5.60 Å². The van der Waals surface area contributed by atoms with Crippen LogP contribution in [0.1, 0.15) is 27.2 Å². The molecule has 5 heteroatoms. The third kappa shape index (κ3) is 4.26. The molecule has 1 fully saturated rings. The van der Waals surface area contributed by atoms with Gasteiger partial charge in [0.1, 0.15) is 6.04 Å². The molecular formula is C12H24N2O3. The zero-order chi connectivity index (χ0) is 13.1. The Balaban J connectivity index is 2.38. The maximum absolute atomic E-state index is 10.9. The minimum atomic E-state index is -0.765. The van der Waals surface area contributed by atoms with E-state index in [4.69, 9.17) is 5.11 Å². The highest BCUT2D eigenvalue weighted by Crippen LogP contribution is 2.13. The molecule has 17 heavy (non-hydrogen) atoms. The van der Waals surface area contributed by atoms with Gasteiger partial charge in [0.15, 0.2) is 0 Å². The molecule has 0 saturated carbocycles. The zero-order valence-corrected chi connectivity index (χ0v) is 11.0. The van der Waals surface area contributed by atoms with E-state index < -0.39 is 17.6 Å². The number of hydrogen-bond donors (Lipinski definition) is 2. The molecular weight excluding hydrogens is 220 g/mol. The van der Waals surface area contributed by atoms with Crippen LogP contribution in [0, 0.1) is 0 Å². The Morgan fingerprint density at radius 1 is 1.35 bits per heavy atom. The fourth-order valence-corrected chi connectivity index (χ4v) is 2.06. The zero-order valence-electron chi connectivity index (χ0n) is 11.0. The standard InChI is InChI=1S/C12H24N2O3/c1-4-12(3,17)9-13-5-7-14(8-6-13)10(2)11(15)16/h10,17H,4-9H2,1-3H3,(H,15,16). The molecule has 2 N–H and O–H groups in total. The molecule has 100 valence electrons. The van der Waals surface area contributed by atoms with Crippen LogP contribution in [0.15, 0.2) is 0 Å². The SMILES string of the molecule is CCC(C)(O)CN1CCN(C(C)C(=O)O)CC1. The van der Waals surface area contributed by atoms with E-state index >= 15 is 0 Å². The van der Waals surface area contributed by atoms with Crippen LogP contribution < -0.4 is 0 Å². The van der Waals surface area contributed by atoms with Gasteiger partial charge in [0.25, 0.3) is 0 Å². The lowest BCUT2D eigenvalue weighted by Crippen LogP contribution is -2.54. The smallest absolute Gasteiger partial charge is 0.320 e. The molecule has 0 aromatic rings. The molecule has 0 aliphatic carbocycles. The van der Waals surface area contributed by atoms with Crippen LogP contribution >= 0.6 is 0 Å². The maximum Gasteiger partial charge on any atom is 0.320 e. The van der Waals surface area contributed by atoms with Crippen LogP contribution in [0.5, 0.6) is 0 Å². The molecule has 1 heterocycles. The fraction of sp³-hybridized carbons (Fsp3) is 0.917. The number of aliphatic hydroxyl groups is 1. The van der Waals surface area contributed by atoms with Gasteiger partial charge in [-0.05, 0) is 20.3 Å². The molecule has 1 rings (SSSR count).